The van der Waals surface area contributed by atoms with Crippen molar-refractivity contribution in [2.24, 2.45) is 0 Å². The Labute approximate surface area is 131 Å². The molecule has 0 aliphatic heterocycles. The monoisotopic (exact) mass is 377 g/mol. The molecular weight excluding hydrogens is 362 g/mol. The number of amides is 1. The van der Waals surface area contributed by atoms with Crippen LogP contribution in [0.3, 0.4) is 0 Å². The fourth-order valence-corrected chi connectivity index (χ4v) is 3.81. The highest BCUT2D eigenvalue weighted by Gasteiger charge is 2.25. The van der Waals surface area contributed by atoms with E-state index in [1.54, 1.807) is 20.8 Å². The van der Waals surface area contributed by atoms with Crippen LogP contribution in [0.4, 0.5) is 0 Å². The number of carbonyl (C=O) groups is 2. The highest BCUT2D eigenvalue weighted by Crippen LogP contribution is 2.24. The number of rotatable bonds is 4. The highest BCUT2D eigenvalue weighted by atomic mass is 79.9. The zero-order valence-electron chi connectivity index (χ0n) is 11.8. The Morgan fingerprint density at radius 3 is 2.33 bits per heavy atom. The maximum Gasteiger partial charge on any atom is 0.335 e. The van der Waals surface area contributed by atoms with E-state index in [4.69, 9.17) is 5.11 Å². The van der Waals surface area contributed by atoms with Gasteiger partial charge in [-0.05, 0) is 54.9 Å². The van der Waals surface area contributed by atoms with Crippen LogP contribution in [0.25, 0.3) is 0 Å². The standard InChI is InChI=1S/C13H16BrNO5S/c1-13(2,3)15-11(16)7-21(19,20)10-6-8(12(17)18)4-5-9(10)14/h4-6H,7H2,1-3H3,(H,15,16)(H,17,18). The van der Waals surface area contributed by atoms with Gasteiger partial charge in [-0.25, -0.2) is 13.2 Å². The lowest BCUT2D eigenvalue weighted by atomic mass is 10.1. The van der Waals surface area contributed by atoms with Gasteiger partial charge in [0.25, 0.3) is 0 Å². The highest BCUT2D eigenvalue weighted by molar-refractivity contribution is 9.10. The van der Waals surface area contributed by atoms with Gasteiger partial charge in [0.1, 0.15) is 5.75 Å². The molecule has 0 radical (unpaired) electrons. The predicted octanol–water partition coefficient (Wildman–Crippen LogP) is 1.84. The maximum atomic E-state index is 12.2. The molecule has 0 spiro atoms. The molecule has 0 heterocycles. The van der Waals surface area contributed by atoms with E-state index >= 15 is 0 Å². The van der Waals surface area contributed by atoms with Crippen LogP contribution in [0.15, 0.2) is 27.6 Å². The lowest BCUT2D eigenvalue weighted by Gasteiger charge is -2.20. The van der Waals surface area contributed by atoms with Crippen molar-refractivity contribution in [3.05, 3.63) is 28.2 Å². The van der Waals surface area contributed by atoms with Crippen LogP contribution in [-0.4, -0.2) is 36.7 Å². The third-order valence-electron chi connectivity index (χ3n) is 2.35. The van der Waals surface area contributed by atoms with E-state index in [9.17, 15) is 18.0 Å². The Morgan fingerprint density at radius 2 is 1.86 bits per heavy atom. The van der Waals surface area contributed by atoms with E-state index in [1.165, 1.54) is 12.1 Å². The third-order valence-corrected chi connectivity index (χ3v) is 4.95. The molecule has 0 saturated heterocycles. The molecule has 0 aliphatic rings. The van der Waals surface area contributed by atoms with Crippen LogP contribution in [-0.2, 0) is 14.6 Å². The second kappa shape index (κ2) is 6.15. The van der Waals surface area contributed by atoms with Crippen LogP contribution in [0.1, 0.15) is 31.1 Å². The van der Waals surface area contributed by atoms with Crippen molar-refractivity contribution in [1.29, 1.82) is 0 Å². The number of carbonyl (C=O) groups excluding carboxylic acids is 1. The first kappa shape index (κ1) is 17.6. The second-order valence-corrected chi connectivity index (χ2v) is 8.32. The average Bonchev–Trinajstić information content (AvgIpc) is 2.24. The molecule has 0 aromatic heterocycles. The van der Waals surface area contributed by atoms with Gasteiger partial charge in [-0.3, -0.25) is 4.79 Å². The van der Waals surface area contributed by atoms with Crippen molar-refractivity contribution in [2.75, 3.05) is 5.75 Å². The number of benzene rings is 1. The molecule has 1 aromatic carbocycles. The van der Waals surface area contributed by atoms with Crippen molar-refractivity contribution < 1.29 is 23.1 Å². The zero-order chi connectivity index (χ0) is 16.4. The molecule has 0 aliphatic carbocycles. The minimum atomic E-state index is -3.94. The van der Waals surface area contributed by atoms with Gasteiger partial charge >= 0.3 is 5.97 Å². The summed E-state index contributed by atoms with van der Waals surface area (Å²) in [5.74, 6) is -2.63. The molecule has 6 nitrogen and oxygen atoms in total. The van der Waals surface area contributed by atoms with Gasteiger partial charge in [-0.1, -0.05) is 0 Å². The van der Waals surface area contributed by atoms with Gasteiger partial charge in [-0.15, -0.1) is 0 Å². The minimum Gasteiger partial charge on any atom is -0.478 e. The van der Waals surface area contributed by atoms with Crippen molar-refractivity contribution in [3.8, 4) is 0 Å². The molecule has 1 amide bonds. The summed E-state index contributed by atoms with van der Waals surface area (Å²) in [6.07, 6.45) is 0. The maximum absolute atomic E-state index is 12.2. The SMILES string of the molecule is CC(C)(C)NC(=O)CS(=O)(=O)c1cc(C(=O)O)ccc1Br. The number of hydrogen-bond acceptors (Lipinski definition) is 4. The Balaban J connectivity index is 3.11. The van der Waals surface area contributed by atoms with Gasteiger partial charge in [0.2, 0.25) is 5.91 Å². The largest absolute Gasteiger partial charge is 0.478 e. The first-order valence-electron chi connectivity index (χ1n) is 5.99. The summed E-state index contributed by atoms with van der Waals surface area (Å²) < 4.78 is 24.7. The van der Waals surface area contributed by atoms with Gasteiger partial charge in [-0.2, -0.15) is 0 Å². The Kier molecular flexibility index (Phi) is 5.16. The van der Waals surface area contributed by atoms with Crippen LogP contribution in [0, 0.1) is 0 Å². The van der Waals surface area contributed by atoms with E-state index in [1.807, 2.05) is 0 Å². The van der Waals surface area contributed by atoms with Crippen LogP contribution in [0.5, 0.6) is 0 Å². The smallest absolute Gasteiger partial charge is 0.335 e. The molecule has 0 unspecified atom stereocenters. The summed E-state index contributed by atoms with van der Waals surface area (Å²) >= 11 is 3.06. The fraction of sp³-hybridized carbons (Fsp3) is 0.385. The zero-order valence-corrected chi connectivity index (χ0v) is 14.2. The number of nitrogens with one attached hydrogen (secondary N) is 1. The fourth-order valence-electron chi connectivity index (χ4n) is 1.58. The molecule has 0 saturated carbocycles. The first-order valence-corrected chi connectivity index (χ1v) is 8.43. The number of carboxylic acids is 1. The van der Waals surface area contributed by atoms with Crippen molar-refractivity contribution >= 4 is 37.6 Å². The Morgan fingerprint density at radius 1 is 1.29 bits per heavy atom. The molecule has 1 aromatic rings. The Hall–Kier alpha value is -1.41. The molecule has 1 rings (SSSR count). The summed E-state index contributed by atoms with van der Waals surface area (Å²) in [7, 11) is -3.94. The first-order chi connectivity index (χ1) is 9.42. The lowest BCUT2D eigenvalue weighted by Crippen LogP contribution is -2.43. The molecule has 0 fully saturated rings. The number of hydrogen-bond donors (Lipinski definition) is 2. The van der Waals surface area contributed by atoms with Gasteiger partial charge < -0.3 is 10.4 Å². The van der Waals surface area contributed by atoms with Crippen LogP contribution in [0.2, 0.25) is 0 Å². The van der Waals surface area contributed by atoms with Gasteiger partial charge in [0.05, 0.1) is 10.5 Å². The van der Waals surface area contributed by atoms with Crippen LogP contribution < -0.4 is 5.32 Å². The average molecular weight is 378 g/mol. The minimum absolute atomic E-state index is 0.159. The topological polar surface area (TPSA) is 101 Å². The summed E-state index contributed by atoms with van der Waals surface area (Å²) in [5, 5.41) is 11.5. The van der Waals surface area contributed by atoms with Gasteiger partial charge in [0, 0.05) is 10.0 Å². The molecule has 21 heavy (non-hydrogen) atoms. The van der Waals surface area contributed by atoms with Crippen LogP contribution >= 0.6 is 15.9 Å². The van der Waals surface area contributed by atoms with E-state index in [0.717, 1.165) is 6.07 Å². The molecule has 8 heteroatoms. The van der Waals surface area contributed by atoms with E-state index in [2.05, 4.69) is 21.2 Å². The van der Waals surface area contributed by atoms with Crippen molar-refractivity contribution in [3.63, 3.8) is 0 Å². The number of carboxylic acid groups (broad SMARTS) is 1. The molecule has 116 valence electrons. The van der Waals surface area contributed by atoms with Crippen molar-refractivity contribution in [1.82, 2.24) is 5.32 Å². The lowest BCUT2D eigenvalue weighted by molar-refractivity contribution is -0.120. The molecule has 0 atom stereocenters. The number of sulfone groups is 1. The predicted molar refractivity (Wildman–Crippen MR) is 81.0 cm³/mol. The van der Waals surface area contributed by atoms with Crippen molar-refractivity contribution in [2.45, 2.75) is 31.2 Å². The molecule has 2 N–H and O–H groups in total. The second-order valence-electron chi connectivity index (χ2n) is 5.51. The third kappa shape index (κ3) is 5.13. The van der Waals surface area contributed by atoms with E-state index < -0.39 is 33.0 Å². The Bertz CT molecular complexity index is 676. The summed E-state index contributed by atoms with van der Waals surface area (Å²) in [4.78, 5) is 22.5. The number of aromatic carboxylic acids is 1. The normalized spacial score (nSPS) is 12.0. The van der Waals surface area contributed by atoms with Gasteiger partial charge in [0.15, 0.2) is 9.84 Å². The number of halogens is 1. The van der Waals surface area contributed by atoms with E-state index in [0.29, 0.717) is 0 Å². The summed E-state index contributed by atoms with van der Waals surface area (Å²) in [6.45, 7) is 5.20. The summed E-state index contributed by atoms with van der Waals surface area (Å²) in [5.41, 5.74) is -0.708. The summed E-state index contributed by atoms with van der Waals surface area (Å²) in [6, 6.07) is 3.64. The quantitative estimate of drug-likeness (QED) is 0.833. The van der Waals surface area contributed by atoms with E-state index in [-0.39, 0.29) is 14.9 Å². The molecule has 0 bridgehead atoms. The molecular formula is C13H16BrNO5S.